The molecule has 1 aliphatic carbocycles. The van der Waals surface area contributed by atoms with Crippen molar-refractivity contribution in [2.75, 3.05) is 11.4 Å². The van der Waals surface area contributed by atoms with E-state index in [-0.39, 0.29) is 23.0 Å². The van der Waals surface area contributed by atoms with Crippen molar-refractivity contribution in [3.05, 3.63) is 64.1 Å². The third-order valence-corrected chi connectivity index (χ3v) is 8.03. The van der Waals surface area contributed by atoms with Crippen LogP contribution >= 0.6 is 15.9 Å². The number of piperidine rings is 1. The number of Topliss-reactive ketones (excluding diaryl/α,β-unsaturated/α-hetero) is 2. The SMILES string of the molecule is CC1(C)CC(=O)C2(Cc3ccc(Br)cc3N3CC[C@H](c4ccccc4)C[C@@H]32)C(=O)C1. The van der Waals surface area contributed by atoms with Crippen LogP contribution in [-0.4, -0.2) is 24.2 Å². The summed E-state index contributed by atoms with van der Waals surface area (Å²) < 4.78 is 1.04. The van der Waals surface area contributed by atoms with Crippen LogP contribution in [0.1, 0.15) is 56.6 Å². The van der Waals surface area contributed by atoms with Crippen LogP contribution in [0.25, 0.3) is 0 Å². The predicted molar refractivity (Wildman–Crippen MR) is 123 cm³/mol. The molecule has 0 aromatic heterocycles. The van der Waals surface area contributed by atoms with Crippen LogP contribution in [-0.2, 0) is 16.0 Å². The Balaban J connectivity index is 1.62. The number of anilines is 1. The van der Waals surface area contributed by atoms with Gasteiger partial charge in [-0.3, -0.25) is 9.59 Å². The Morgan fingerprint density at radius 2 is 1.67 bits per heavy atom. The van der Waals surface area contributed by atoms with Crippen molar-refractivity contribution in [1.29, 1.82) is 0 Å². The van der Waals surface area contributed by atoms with Crippen molar-refractivity contribution in [2.45, 2.75) is 57.9 Å². The maximum absolute atomic E-state index is 13.7. The molecule has 2 aliphatic heterocycles. The molecule has 156 valence electrons. The summed E-state index contributed by atoms with van der Waals surface area (Å²) in [6.45, 7) is 4.98. The lowest BCUT2D eigenvalue weighted by Gasteiger charge is -2.56. The lowest BCUT2D eigenvalue weighted by molar-refractivity contribution is -0.151. The zero-order valence-corrected chi connectivity index (χ0v) is 19.2. The summed E-state index contributed by atoms with van der Waals surface area (Å²) in [7, 11) is 0. The Kier molecular flexibility index (Phi) is 4.70. The molecule has 1 spiro atoms. The number of rotatable bonds is 1. The Bertz CT molecular complexity index is 993. The van der Waals surface area contributed by atoms with Gasteiger partial charge in [0, 0.05) is 35.6 Å². The van der Waals surface area contributed by atoms with E-state index in [9.17, 15) is 9.59 Å². The molecule has 5 rings (SSSR count). The van der Waals surface area contributed by atoms with Gasteiger partial charge in [0.1, 0.15) is 17.0 Å². The number of hydrogen-bond donors (Lipinski definition) is 0. The van der Waals surface area contributed by atoms with Gasteiger partial charge in [0.25, 0.3) is 0 Å². The molecule has 1 saturated carbocycles. The first-order valence-corrected chi connectivity index (χ1v) is 11.8. The van der Waals surface area contributed by atoms with Crippen LogP contribution in [0.15, 0.2) is 53.0 Å². The first kappa shape index (κ1) is 20.0. The van der Waals surface area contributed by atoms with Crippen molar-refractivity contribution in [3.8, 4) is 0 Å². The number of nitrogens with zero attached hydrogens (tertiary/aromatic N) is 1. The molecule has 4 heteroatoms. The highest BCUT2D eigenvalue weighted by molar-refractivity contribution is 9.10. The van der Waals surface area contributed by atoms with E-state index in [0.717, 1.165) is 29.4 Å². The van der Waals surface area contributed by atoms with E-state index in [1.54, 1.807) is 0 Å². The second-order valence-electron chi connectivity index (χ2n) is 10.1. The third kappa shape index (κ3) is 3.07. The van der Waals surface area contributed by atoms with Gasteiger partial charge in [-0.25, -0.2) is 0 Å². The van der Waals surface area contributed by atoms with Crippen LogP contribution in [0.4, 0.5) is 5.69 Å². The maximum atomic E-state index is 13.7. The van der Waals surface area contributed by atoms with Crippen molar-refractivity contribution < 1.29 is 9.59 Å². The molecule has 0 radical (unpaired) electrons. The molecule has 2 heterocycles. The van der Waals surface area contributed by atoms with Gasteiger partial charge in [-0.2, -0.15) is 0 Å². The fourth-order valence-corrected chi connectivity index (χ4v) is 6.44. The summed E-state index contributed by atoms with van der Waals surface area (Å²) in [6, 6.07) is 16.8. The largest absolute Gasteiger partial charge is 0.367 e. The van der Waals surface area contributed by atoms with Gasteiger partial charge in [-0.05, 0) is 53.9 Å². The topological polar surface area (TPSA) is 37.4 Å². The van der Waals surface area contributed by atoms with Crippen molar-refractivity contribution in [2.24, 2.45) is 10.8 Å². The zero-order valence-electron chi connectivity index (χ0n) is 17.7. The van der Waals surface area contributed by atoms with E-state index >= 15 is 0 Å². The zero-order chi connectivity index (χ0) is 21.1. The standard InChI is InChI=1S/C26H28BrNO2/c1-25(2)15-23(29)26(24(30)16-25)14-19-8-9-20(27)13-21(19)28-11-10-18(12-22(26)28)17-6-4-3-5-7-17/h3-9,13,18,22H,10-12,14-16H2,1-2H3/t18-,22+/m0/s1. The molecule has 2 aromatic carbocycles. The van der Waals surface area contributed by atoms with Gasteiger partial charge in [0.15, 0.2) is 0 Å². The number of halogens is 1. The predicted octanol–water partition coefficient (Wildman–Crippen LogP) is 5.70. The molecule has 2 atom stereocenters. The molecule has 0 bridgehead atoms. The maximum Gasteiger partial charge on any atom is 0.149 e. The molecular weight excluding hydrogens is 438 g/mol. The van der Waals surface area contributed by atoms with Crippen molar-refractivity contribution >= 4 is 33.2 Å². The normalized spacial score (nSPS) is 27.0. The van der Waals surface area contributed by atoms with Crippen molar-refractivity contribution in [3.63, 3.8) is 0 Å². The molecule has 3 aliphatic rings. The second-order valence-corrected chi connectivity index (χ2v) is 11.0. The Hall–Kier alpha value is -1.94. The van der Waals surface area contributed by atoms with Crippen LogP contribution in [0.3, 0.4) is 0 Å². The number of carbonyl (C=O) groups excluding carboxylic acids is 2. The summed E-state index contributed by atoms with van der Waals surface area (Å²) in [6.07, 6.45) is 3.42. The third-order valence-electron chi connectivity index (χ3n) is 7.54. The number of benzene rings is 2. The smallest absolute Gasteiger partial charge is 0.149 e. The molecule has 0 amide bonds. The highest BCUT2D eigenvalue weighted by atomic mass is 79.9. The summed E-state index contributed by atoms with van der Waals surface area (Å²) in [5.74, 6) is 0.690. The number of carbonyl (C=O) groups is 2. The van der Waals surface area contributed by atoms with Gasteiger partial charge in [-0.15, -0.1) is 0 Å². The van der Waals surface area contributed by atoms with Crippen molar-refractivity contribution in [1.82, 2.24) is 0 Å². The lowest BCUT2D eigenvalue weighted by Crippen LogP contribution is -2.65. The van der Waals surface area contributed by atoms with Gasteiger partial charge >= 0.3 is 0 Å². The molecule has 2 fully saturated rings. The number of fused-ring (bicyclic) bond motifs is 4. The van der Waals surface area contributed by atoms with E-state index in [1.807, 2.05) is 12.1 Å². The second kappa shape index (κ2) is 7.05. The molecule has 2 aromatic rings. The first-order valence-electron chi connectivity index (χ1n) is 11.0. The van der Waals surface area contributed by atoms with Gasteiger partial charge in [-0.1, -0.05) is 66.2 Å². The quantitative estimate of drug-likeness (QED) is 0.506. The molecule has 0 unspecified atom stereocenters. The average Bonchev–Trinajstić information content (AvgIpc) is 2.72. The molecule has 0 N–H and O–H groups in total. The van der Waals surface area contributed by atoms with E-state index in [4.69, 9.17) is 0 Å². The molecule has 3 nitrogen and oxygen atoms in total. The minimum atomic E-state index is -0.899. The van der Waals surface area contributed by atoms with Gasteiger partial charge < -0.3 is 4.90 Å². The van der Waals surface area contributed by atoms with Crippen LogP contribution in [0.5, 0.6) is 0 Å². The minimum Gasteiger partial charge on any atom is -0.367 e. The van der Waals surface area contributed by atoms with E-state index in [0.29, 0.717) is 25.2 Å². The highest BCUT2D eigenvalue weighted by Gasteiger charge is 2.60. The highest BCUT2D eigenvalue weighted by Crippen LogP contribution is 2.54. The van der Waals surface area contributed by atoms with Gasteiger partial charge in [0.2, 0.25) is 0 Å². The molecular formula is C26H28BrNO2. The summed E-state index contributed by atoms with van der Waals surface area (Å²) in [5, 5.41) is 0. The van der Waals surface area contributed by atoms with E-state index < -0.39 is 5.41 Å². The molecule has 1 saturated heterocycles. The Morgan fingerprint density at radius 3 is 2.37 bits per heavy atom. The average molecular weight is 466 g/mol. The monoisotopic (exact) mass is 465 g/mol. The lowest BCUT2D eigenvalue weighted by atomic mass is 9.55. The van der Waals surface area contributed by atoms with E-state index in [1.165, 1.54) is 11.3 Å². The number of hydrogen-bond acceptors (Lipinski definition) is 3. The first-order chi connectivity index (χ1) is 14.3. The molecule has 30 heavy (non-hydrogen) atoms. The minimum absolute atomic E-state index is 0.0608. The summed E-state index contributed by atoms with van der Waals surface area (Å²) in [5.41, 5.74) is 2.51. The summed E-state index contributed by atoms with van der Waals surface area (Å²) in [4.78, 5) is 29.8. The fourth-order valence-electron chi connectivity index (χ4n) is 6.09. The summed E-state index contributed by atoms with van der Waals surface area (Å²) >= 11 is 3.62. The van der Waals surface area contributed by atoms with Gasteiger partial charge in [0.05, 0.1) is 0 Å². The van der Waals surface area contributed by atoms with Crippen LogP contribution < -0.4 is 4.90 Å². The Labute approximate surface area is 187 Å². The van der Waals surface area contributed by atoms with Crippen LogP contribution in [0.2, 0.25) is 0 Å². The fraction of sp³-hybridized carbons (Fsp3) is 0.462. The Morgan fingerprint density at radius 1 is 0.967 bits per heavy atom. The van der Waals surface area contributed by atoms with E-state index in [2.05, 4.69) is 71.1 Å². The van der Waals surface area contributed by atoms with Crippen LogP contribution in [0, 0.1) is 10.8 Å². The number of ketones is 2.